The van der Waals surface area contributed by atoms with E-state index in [9.17, 15) is 9.90 Å². The molecule has 0 atom stereocenters. The van der Waals surface area contributed by atoms with Gasteiger partial charge in [-0.25, -0.2) is 0 Å². The highest BCUT2D eigenvalue weighted by molar-refractivity contribution is 6.07. The highest BCUT2D eigenvalue weighted by Gasteiger charge is 2.07. The number of carbonyl (C=O) groups excluding carboxylic acids is 1. The first-order chi connectivity index (χ1) is 11.2. The molecule has 0 unspecified atom stereocenters. The maximum absolute atomic E-state index is 12.2. The van der Waals surface area contributed by atoms with Crippen LogP contribution < -0.4 is 10.6 Å². The second-order valence-electron chi connectivity index (χ2n) is 5.11. The van der Waals surface area contributed by atoms with Crippen molar-refractivity contribution in [2.24, 2.45) is 0 Å². The number of nitrogens with one attached hydrogen (secondary N) is 2. The van der Waals surface area contributed by atoms with Gasteiger partial charge in [0, 0.05) is 43.2 Å². The number of carbonyl (C=O) groups is 1. The molecule has 23 heavy (non-hydrogen) atoms. The predicted octanol–water partition coefficient (Wildman–Crippen LogP) is 1.99. The summed E-state index contributed by atoms with van der Waals surface area (Å²) in [5, 5.41) is 16.1. The summed E-state index contributed by atoms with van der Waals surface area (Å²) in [6, 6.07) is 8.60. The van der Waals surface area contributed by atoms with Crippen molar-refractivity contribution in [2.75, 3.05) is 20.1 Å². The molecule has 0 fully saturated rings. The third-order valence-electron chi connectivity index (χ3n) is 3.34. The van der Waals surface area contributed by atoms with Crippen LogP contribution in [0.4, 0.5) is 0 Å². The van der Waals surface area contributed by atoms with Gasteiger partial charge in [0.2, 0.25) is 0 Å². The van der Waals surface area contributed by atoms with Crippen LogP contribution in [0.1, 0.15) is 21.5 Å². The van der Waals surface area contributed by atoms with Crippen molar-refractivity contribution >= 4 is 11.9 Å². The summed E-state index contributed by atoms with van der Waals surface area (Å²) in [6.07, 6.45) is 6.62. The average molecular weight is 311 g/mol. The van der Waals surface area contributed by atoms with Crippen molar-refractivity contribution in [3.05, 3.63) is 65.5 Å². The number of pyridine rings is 1. The number of phenols is 1. The number of hydrogen-bond donors (Lipinski definition) is 3. The number of hydrogen-bond acceptors (Lipinski definition) is 5. The van der Waals surface area contributed by atoms with Gasteiger partial charge in [-0.3, -0.25) is 9.78 Å². The van der Waals surface area contributed by atoms with Gasteiger partial charge in [-0.2, -0.15) is 0 Å². The number of ketones is 1. The van der Waals surface area contributed by atoms with Gasteiger partial charge >= 0.3 is 0 Å². The molecule has 5 heteroatoms. The predicted molar refractivity (Wildman–Crippen MR) is 91.3 cm³/mol. The normalized spacial score (nSPS) is 11.0. The highest BCUT2D eigenvalue weighted by Crippen LogP contribution is 2.19. The van der Waals surface area contributed by atoms with E-state index in [1.54, 1.807) is 36.7 Å². The highest BCUT2D eigenvalue weighted by atomic mass is 16.3. The Morgan fingerprint density at radius 3 is 2.91 bits per heavy atom. The molecule has 1 heterocycles. The van der Waals surface area contributed by atoms with Gasteiger partial charge in [-0.15, -0.1) is 0 Å². The number of likely N-dealkylation sites (N-methyl/N-ethyl adjacent to an activating group) is 1. The fourth-order valence-electron chi connectivity index (χ4n) is 2.06. The zero-order chi connectivity index (χ0) is 16.5. The van der Waals surface area contributed by atoms with E-state index in [0.717, 1.165) is 18.7 Å². The van der Waals surface area contributed by atoms with Crippen LogP contribution in [0.25, 0.3) is 6.08 Å². The van der Waals surface area contributed by atoms with Crippen LogP contribution in [0.2, 0.25) is 0 Å². The molecule has 0 spiro atoms. The van der Waals surface area contributed by atoms with Crippen molar-refractivity contribution in [1.29, 1.82) is 0 Å². The fraction of sp³-hybridized carbons (Fsp3) is 0.222. The fourth-order valence-corrected chi connectivity index (χ4v) is 2.06. The molecular weight excluding hydrogens is 290 g/mol. The van der Waals surface area contributed by atoms with Gasteiger partial charge in [0.05, 0.1) is 0 Å². The summed E-state index contributed by atoms with van der Waals surface area (Å²) >= 11 is 0. The van der Waals surface area contributed by atoms with Crippen LogP contribution >= 0.6 is 0 Å². The Balaban J connectivity index is 2.04. The van der Waals surface area contributed by atoms with Crippen LogP contribution in [0.5, 0.6) is 5.75 Å². The minimum absolute atomic E-state index is 0.106. The van der Waals surface area contributed by atoms with E-state index >= 15 is 0 Å². The van der Waals surface area contributed by atoms with E-state index in [1.807, 2.05) is 19.2 Å². The first-order valence-corrected chi connectivity index (χ1v) is 7.50. The summed E-state index contributed by atoms with van der Waals surface area (Å²) in [5.41, 5.74) is 2.13. The number of aromatic nitrogens is 1. The van der Waals surface area contributed by atoms with Crippen LogP contribution in [0.3, 0.4) is 0 Å². The number of phenolic OH excluding ortho intramolecular Hbond substituents is 1. The van der Waals surface area contributed by atoms with Crippen molar-refractivity contribution in [2.45, 2.75) is 6.54 Å². The molecule has 0 radical (unpaired) electrons. The number of nitrogens with zero attached hydrogens (tertiary/aromatic N) is 1. The molecule has 1 aromatic carbocycles. The molecule has 2 aromatic rings. The Morgan fingerprint density at radius 1 is 1.30 bits per heavy atom. The lowest BCUT2D eigenvalue weighted by Gasteiger charge is -2.08. The minimum Gasteiger partial charge on any atom is -0.508 e. The standard InChI is InChI=1S/C18H21N3O2/c1-19-9-10-21-13-16-11-15(5-7-18(16)23)17(22)6-4-14-3-2-8-20-12-14/h2-8,11-12,19,21,23H,9-10,13H2,1H3/b6-4+. The van der Waals surface area contributed by atoms with Gasteiger partial charge in [0.15, 0.2) is 5.78 Å². The van der Waals surface area contributed by atoms with E-state index in [2.05, 4.69) is 15.6 Å². The number of aromatic hydroxyl groups is 1. The molecule has 0 aliphatic rings. The third kappa shape index (κ3) is 5.32. The molecule has 0 saturated heterocycles. The summed E-state index contributed by atoms with van der Waals surface area (Å²) < 4.78 is 0. The Morgan fingerprint density at radius 2 is 2.17 bits per heavy atom. The van der Waals surface area contributed by atoms with Crippen molar-refractivity contribution < 1.29 is 9.90 Å². The maximum atomic E-state index is 12.2. The zero-order valence-corrected chi connectivity index (χ0v) is 13.1. The molecule has 5 nitrogen and oxygen atoms in total. The lowest BCUT2D eigenvalue weighted by molar-refractivity contribution is 0.104. The Hall–Kier alpha value is -2.50. The van der Waals surface area contributed by atoms with Crippen molar-refractivity contribution in [1.82, 2.24) is 15.6 Å². The molecular formula is C18H21N3O2. The van der Waals surface area contributed by atoms with Crippen LogP contribution in [-0.4, -0.2) is 36.0 Å². The van der Waals surface area contributed by atoms with Gasteiger partial charge in [0.1, 0.15) is 5.75 Å². The van der Waals surface area contributed by atoms with Crippen LogP contribution in [0, 0.1) is 0 Å². The molecule has 3 N–H and O–H groups in total. The summed E-state index contributed by atoms with van der Waals surface area (Å²) in [7, 11) is 1.88. The second kappa shape index (κ2) is 8.82. The van der Waals surface area contributed by atoms with E-state index < -0.39 is 0 Å². The zero-order valence-electron chi connectivity index (χ0n) is 13.1. The van der Waals surface area contributed by atoms with E-state index in [-0.39, 0.29) is 11.5 Å². The number of rotatable bonds is 8. The van der Waals surface area contributed by atoms with E-state index in [4.69, 9.17) is 0 Å². The van der Waals surface area contributed by atoms with Crippen LogP contribution in [-0.2, 0) is 6.54 Å². The van der Waals surface area contributed by atoms with Gasteiger partial charge in [0.25, 0.3) is 0 Å². The summed E-state index contributed by atoms with van der Waals surface area (Å²) in [5.74, 6) is 0.0834. The molecule has 0 aliphatic heterocycles. The summed E-state index contributed by atoms with van der Waals surface area (Å²) in [6.45, 7) is 2.14. The Bertz CT molecular complexity index is 669. The molecule has 0 bridgehead atoms. The minimum atomic E-state index is -0.106. The molecule has 0 amide bonds. The third-order valence-corrected chi connectivity index (χ3v) is 3.34. The largest absolute Gasteiger partial charge is 0.508 e. The lowest BCUT2D eigenvalue weighted by atomic mass is 10.1. The molecule has 120 valence electrons. The first-order valence-electron chi connectivity index (χ1n) is 7.50. The van der Waals surface area contributed by atoms with E-state index in [1.165, 1.54) is 6.08 Å². The van der Waals surface area contributed by atoms with E-state index in [0.29, 0.717) is 17.7 Å². The van der Waals surface area contributed by atoms with Crippen molar-refractivity contribution in [3.8, 4) is 5.75 Å². The Labute approximate surface area is 136 Å². The van der Waals surface area contributed by atoms with Gasteiger partial charge in [-0.05, 0) is 49.0 Å². The monoisotopic (exact) mass is 311 g/mol. The maximum Gasteiger partial charge on any atom is 0.185 e. The first kappa shape index (κ1) is 16.9. The smallest absolute Gasteiger partial charge is 0.185 e. The molecule has 0 saturated carbocycles. The SMILES string of the molecule is CNCCNCc1cc(C(=O)/C=C/c2cccnc2)ccc1O. The van der Waals surface area contributed by atoms with Crippen molar-refractivity contribution in [3.63, 3.8) is 0 Å². The molecule has 2 rings (SSSR count). The lowest BCUT2D eigenvalue weighted by Crippen LogP contribution is -2.24. The van der Waals surface area contributed by atoms with Gasteiger partial charge < -0.3 is 15.7 Å². The summed E-state index contributed by atoms with van der Waals surface area (Å²) in [4.78, 5) is 16.2. The molecule has 0 aliphatic carbocycles. The number of allylic oxidation sites excluding steroid dienone is 1. The Kier molecular flexibility index (Phi) is 6.47. The molecule has 1 aromatic heterocycles. The quantitative estimate of drug-likeness (QED) is 0.395. The number of benzene rings is 1. The van der Waals surface area contributed by atoms with Gasteiger partial charge in [-0.1, -0.05) is 6.07 Å². The topological polar surface area (TPSA) is 74.2 Å². The second-order valence-corrected chi connectivity index (χ2v) is 5.11. The average Bonchev–Trinajstić information content (AvgIpc) is 2.59. The van der Waals surface area contributed by atoms with Crippen LogP contribution in [0.15, 0.2) is 48.8 Å².